The first-order chi connectivity index (χ1) is 16.3. The van der Waals surface area contributed by atoms with Gasteiger partial charge in [0.2, 0.25) is 10.0 Å². The number of para-hydroxylation sites is 2. The zero-order chi connectivity index (χ0) is 24.3. The highest BCUT2D eigenvalue weighted by Crippen LogP contribution is 2.27. The minimum atomic E-state index is -4.03. The minimum Gasteiger partial charge on any atom is -0.507 e. The van der Waals surface area contributed by atoms with Crippen molar-refractivity contribution < 1.29 is 23.4 Å². The standard InChI is InChI=1S/C24H22BrN3O5S/c25-15-9-11-16(12-10-15)34(32,33)28-21(14-27-24(31)18-6-2-4-8-22(18)29)23(30)19-13-26-20-7-3-1-5-17(19)20/h1-13,21,23,26,28-30H,14H2,(H,27,31). The van der Waals surface area contributed by atoms with Crippen LogP contribution in [0.5, 0.6) is 5.75 Å². The molecule has 0 spiro atoms. The highest BCUT2D eigenvalue weighted by Gasteiger charge is 2.29. The Bertz CT molecular complexity index is 1420. The first-order valence-corrected chi connectivity index (χ1v) is 12.6. The van der Waals surface area contributed by atoms with Crippen molar-refractivity contribution in [1.82, 2.24) is 15.0 Å². The number of fused-ring (bicyclic) bond motifs is 1. The SMILES string of the molecule is O=C(NCC(NS(=O)(=O)c1ccc(Br)cc1)C(O)c1c[nH]c2ccccc12)c1ccccc1O. The molecule has 1 aromatic heterocycles. The van der Waals surface area contributed by atoms with Gasteiger partial charge in [-0.25, -0.2) is 13.1 Å². The van der Waals surface area contributed by atoms with Crippen LogP contribution in [0.15, 0.2) is 88.4 Å². The number of carbonyl (C=O) groups excluding carboxylic acids is 1. The maximum atomic E-state index is 13.1. The molecule has 1 heterocycles. The monoisotopic (exact) mass is 543 g/mol. The smallest absolute Gasteiger partial charge is 0.255 e. The fraction of sp³-hybridized carbons (Fsp3) is 0.125. The third kappa shape index (κ3) is 5.15. The number of aliphatic hydroxyl groups is 1. The molecule has 0 fully saturated rings. The number of phenolic OH excluding ortho intramolecular Hbond substituents is 1. The number of amides is 1. The van der Waals surface area contributed by atoms with Crippen LogP contribution in [0.4, 0.5) is 0 Å². The van der Waals surface area contributed by atoms with Crippen LogP contribution in [0.25, 0.3) is 10.9 Å². The van der Waals surface area contributed by atoms with Gasteiger partial charge in [-0.2, -0.15) is 0 Å². The Balaban J connectivity index is 1.63. The maximum absolute atomic E-state index is 13.1. The summed E-state index contributed by atoms with van der Waals surface area (Å²) in [5.41, 5.74) is 1.30. The molecule has 10 heteroatoms. The van der Waals surface area contributed by atoms with E-state index in [2.05, 4.69) is 31.0 Å². The van der Waals surface area contributed by atoms with Crippen molar-refractivity contribution in [3.8, 4) is 5.75 Å². The summed E-state index contributed by atoms with van der Waals surface area (Å²) in [6, 6.07) is 18.3. The van der Waals surface area contributed by atoms with Gasteiger partial charge in [0, 0.05) is 33.7 Å². The van der Waals surface area contributed by atoms with Gasteiger partial charge in [-0.05, 0) is 42.5 Å². The van der Waals surface area contributed by atoms with Crippen LogP contribution in [0.2, 0.25) is 0 Å². The quantitative estimate of drug-likeness (QED) is 0.232. The van der Waals surface area contributed by atoms with Gasteiger partial charge in [0.25, 0.3) is 5.91 Å². The molecule has 3 aromatic carbocycles. The van der Waals surface area contributed by atoms with Crippen LogP contribution in [-0.2, 0) is 10.0 Å². The maximum Gasteiger partial charge on any atom is 0.255 e. The molecule has 2 atom stereocenters. The molecule has 4 aromatic rings. The first-order valence-electron chi connectivity index (χ1n) is 10.3. The number of rotatable bonds is 8. The van der Waals surface area contributed by atoms with E-state index in [4.69, 9.17) is 0 Å². The number of nitrogens with one attached hydrogen (secondary N) is 3. The predicted molar refractivity (Wildman–Crippen MR) is 132 cm³/mol. The normalized spacial score (nSPS) is 13.5. The summed E-state index contributed by atoms with van der Waals surface area (Å²) < 4.78 is 29.4. The summed E-state index contributed by atoms with van der Waals surface area (Å²) in [5, 5.41) is 24.5. The molecular formula is C24H22BrN3O5S. The lowest BCUT2D eigenvalue weighted by molar-refractivity contribution is 0.0924. The summed E-state index contributed by atoms with van der Waals surface area (Å²) in [6.07, 6.45) is 0.326. The minimum absolute atomic E-state index is 0.0128. The zero-order valence-electron chi connectivity index (χ0n) is 17.8. The molecule has 1 amide bonds. The number of benzene rings is 3. The van der Waals surface area contributed by atoms with Crippen molar-refractivity contribution in [2.75, 3.05) is 6.54 Å². The van der Waals surface area contributed by atoms with Crippen molar-refractivity contribution >= 4 is 42.8 Å². The summed E-state index contributed by atoms with van der Waals surface area (Å²) in [5.74, 6) is -0.804. The van der Waals surface area contributed by atoms with Crippen LogP contribution >= 0.6 is 15.9 Å². The highest BCUT2D eigenvalue weighted by molar-refractivity contribution is 9.10. The number of aromatic amines is 1. The molecule has 5 N–H and O–H groups in total. The van der Waals surface area contributed by atoms with Crippen LogP contribution < -0.4 is 10.0 Å². The molecular weight excluding hydrogens is 522 g/mol. The van der Waals surface area contributed by atoms with Crippen LogP contribution in [-0.4, -0.2) is 42.1 Å². The van der Waals surface area contributed by atoms with Gasteiger partial charge in [-0.1, -0.05) is 46.3 Å². The van der Waals surface area contributed by atoms with Gasteiger partial charge in [0.05, 0.1) is 22.6 Å². The van der Waals surface area contributed by atoms with E-state index >= 15 is 0 Å². The predicted octanol–water partition coefficient (Wildman–Crippen LogP) is 3.45. The van der Waals surface area contributed by atoms with Gasteiger partial charge >= 0.3 is 0 Å². The number of carbonyl (C=O) groups is 1. The Kier molecular flexibility index (Phi) is 7.03. The molecule has 0 saturated heterocycles. The average molecular weight is 544 g/mol. The van der Waals surface area contributed by atoms with Gasteiger partial charge in [-0.3, -0.25) is 4.79 Å². The third-order valence-electron chi connectivity index (χ3n) is 5.38. The number of H-pyrrole nitrogens is 1. The molecule has 34 heavy (non-hydrogen) atoms. The van der Waals surface area contributed by atoms with E-state index in [1.54, 1.807) is 30.5 Å². The van der Waals surface area contributed by atoms with Gasteiger partial charge in [0.1, 0.15) is 5.75 Å². The Morgan fingerprint density at radius 1 is 1.00 bits per heavy atom. The Morgan fingerprint density at radius 2 is 1.68 bits per heavy atom. The first kappa shape index (κ1) is 24.0. The number of hydrogen-bond donors (Lipinski definition) is 5. The Morgan fingerprint density at radius 3 is 2.41 bits per heavy atom. The van der Waals surface area contributed by atoms with E-state index in [9.17, 15) is 23.4 Å². The third-order valence-corrected chi connectivity index (χ3v) is 7.42. The Hall–Kier alpha value is -3.18. The summed E-state index contributed by atoms with van der Waals surface area (Å²) in [4.78, 5) is 15.7. The number of halogens is 1. The molecule has 0 saturated carbocycles. The summed E-state index contributed by atoms with van der Waals surface area (Å²) in [6.45, 7) is -0.233. The molecule has 8 nitrogen and oxygen atoms in total. The lowest BCUT2D eigenvalue weighted by Gasteiger charge is -2.24. The number of hydrogen-bond acceptors (Lipinski definition) is 5. The van der Waals surface area contributed by atoms with Crippen molar-refractivity contribution in [3.63, 3.8) is 0 Å². The van der Waals surface area contributed by atoms with Crippen molar-refractivity contribution in [1.29, 1.82) is 0 Å². The number of aromatic hydroxyl groups is 1. The van der Waals surface area contributed by atoms with Crippen molar-refractivity contribution in [2.45, 2.75) is 17.0 Å². The average Bonchev–Trinajstić information content (AvgIpc) is 3.26. The van der Waals surface area contributed by atoms with Gasteiger partial charge in [-0.15, -0.1) is 0 Å². The van der Waals surface area contributed by atoms with E-state index in [0.29, 0.717) is 5.56 Å². The highest BCUT2D eigenvalue weighted by atomic mass is 79.9. The van der Waals surface area contributed by atoms with Crippen molar-refractivity contribution in [2.24, 2.45) is 0 Å². The number of phenols is 1. The van der Waals surface area contributed by atoms with E-state index in [0.717, 1.165) is 15.4 Å². The molecule has 4 rings (SSSR count). The molecule has 2 unspecified atom stereocenters. The van der Waals surface area contributed by atoms with Crippen LogP contribution in [0.3, 0.4) is 0 Å². The van der Waals surface area contributed by atoms with Crippen LogP contribution in [0.1, 0.15) is 22.0 Å². The molecule has 0 aliphatic carbocycles. The van der Waals surface area contributed by atoms with E-state index in [-0.39, 0.29) is 22.8 Å². The second-order valence-corrected chi connectivity index (χ2v) is 10.3. The second-order valence-electron chi connectivity index (χ2n) is 7.64. The lowest BCUT2D eigenvalue weighted by atomic mass is 10.0. The fourth-order valence-electron chi connectivity index (χ4n) is 3.62. The van der Waals surface area contributed by atoms with Crippen molar-refractivity contribution in [3.05, 3.63) is 94.6 Å². The summed E-state index contributed by atoms with van der Waals surface area (Å²) in [7, 11) is -4.03. The van der Waals surface area contributed by atoms with Gasteiger partial charge < -0.3 is 20.5 Å². The number of aliphatic hydroxyl groups excluding tert-OH is 1. The topological polar surface area (TPSA) is 132 Å². The van der Waals surface area contributed by atoms with E-state index in [1.165, 1.54) is 24.3 Å². The molecule has 176 valence electrons. The largest absolute Gasteiger partial charge is 0.507 e. The number of aromatic nitrogens is 1. The lowest BCUT2D eigenvalue weighted by Crippen LogP contribution is -2.47. The molecule has 0 bridgehead atoms. The van der Waals surface area contributed by atoms with Gasteiger partial charge in [0.15, 0.2) is 0 Å². The fourth-order valence-corrected chi connectivity index (χ4v) is 5.12. The van der Waals surface area contributed by atoms with Crippen LogP contribution in [0, 0.1) is 0 Å². The molecule has 0 aliphatic heterocycles. The molecule has 0 radical (unpaired) electrons. The van der Waals surface area contributed by atoms with E-state index in [1.807, 2.05) is 24.3 Å². The molecule has 0 aliphatic rings. The second kappa shape index (κ2) is 9.98. The zero-order valence-corrected chi connectivity index (χ0v) is 20.2. The van der Waals surface area contributed by atoms with E-state index < -0.39 is 28.1 Å². The summed E-state index contributed by atoms with van der Waals surface area (Å²) >= 11 is 3.28. The number of sulfonamides is 1. The Labute approximate surface area is 204 Å².